The molecule has 22 heavy (non-hydrogen) atoms. The first kappa shape index (κ1) is 15.9. The molecule has 0 aliphatic rings. The summed E-state index contributed by atoms with van der Waals surface area (Å²) in [6.07, 6.45) is 1.79. The molecule has 2 amide bonds. The second kappa shape index (κ2) is 7.51. The number of amides is 2. The minimum atomic E-state index is -0.250. The summed E-state index contributed by atoms with van der Waals surface area (Å²) in [5.41, 5.74) is 1.64. The highest BCUT2D eigenvalue weighted by atomic mass is 32.1. The van der Waals surface area contributed by atoms with Crippen LogP contribution in [-0.4, -0.2) is 23.3 Å². The number of benzene rings is 1. The van der Waals surface area contributed by atoms with E-state index < -0.39 is 0 Å². The Kier molecular flexibility index (Phi) is 5.43. The number of hydrogen-bond acceptors (Lipinski definition) is 4. The molecule has 2 N–H and O–H groups in total. The van der Waals surface area contributed by atoms with Gasteiger partial charge in [-0.15, -0.1) is 17.9 Å². The first-order chi connectivity index (χ1) is 10.6. The molecule has 0 aliphatic carbocycles. The highest BCUT2D eigenvalue weighted by Crippen LogP contribution is 2.16. The summed E-state index contributed by atoms with van der Waals surface area (Å²) in [5.74, 6) is -0.449. The van der Waals surface area contributed by atoms with E-state index in [4.69, 9.17) is 0 Å². The van der Waals surface area contributed by atoms with Crippen LogP contribution >= 0.6 is 11.3 Å². The van der Waals surface area contributed by atoms with Crippen molar-refractivity contribution < 1.29 is 9.59 Å². The lowest BCUT2D eigenvalue weighted by molar-refractivity contribution is -0.115. The molecule has 1 heterocycles. The summed E-state index contributed by atoms with van der Waals surface area (Å²) >= 11 is 1.51. The summed E-state index contributed by atoms with van der Waals surface area (Å²) in [5, 5.41) is 8.24. The number of para-hydroxylation sites is 1. The highest BCUT2D eigenvalue weighted by Gasteiger charge is 2.13. The van der Waals surface area contributed by atoms with Crippen molar-refractivity contribution in [1.29, 1.82) is 0 Å². The van der Waals surface area contributed by atoms with Crippen LogP contribution in [0.25, 0.3) is 0 Å². The molecular formula is C16H17N3O2S. The van der Waals surface area contributed by atoms with Gasteiger partial charge in [0.2, 0.25) is 5.91 Å². The van der Waals surface area contributed by atoms with Gasteiger partial charge in [0.25, 0.3) is 5.91 Å². The standard InChI is InChI=1S/C16H17N3O2S/c1-3-8-17-16(21)13-6-4-5-7-14(13)19-15(20)9-12-10-22-11(2)18-12/h3-7,10H,1,8-9H2,2H3,(H,17,21)(H,19,20). The lowest BCUT2D eigenvalue weighted by Gasteiger charge is -2.10. The number of carbonyl (C=O) groups excluding carboxylic acids is 2. The van der Waals surface area contributed by atoms with Crippen molar-refractivity contribution in [3.05, 3.63) is 58.6 Å². The van der Waals surface area contributed by atoms with Gasteiger partial charge in [-0.25, -0.2) is 4.98 Å². The highest BCUT2D eigenvalue weighted by molar-refractivity contribution is 7.09. The van der Waals surface area contributed by atoms with Crippen LogP contribution in [0.4, 0.5) is 5.69 Å². The molecule has 1 aromatic heterocycles. The number of nitrogens with zero attached hydrogens (tertiary/aromatic N) is 1. The molecule has 0 fully saturated rings. The van der Waals surface area contributed by atoms with Gasteiger partial charge in [-0.3, -0.25) is 9.59 Å². The number of nitrogens with one attached hydrogen (secondary N) is 2. The van der Waals surface area contributed by atoms with E-state index in [9.17, 15) is 9.59 Å². The van der Waals surface area contributed by atoms with Crippen molar-refractivity contribution in [2.45, 2.75) is 13.3 Å². The number of aryl methyl sites for hydroxylation is 1. The Morgan fingerprint density at radius 1 is 1.36 bits per heavy atom. The monoisotopic (exact) mass is 315 g/mol. The van der Waals surface area contributed by atoms with Crippen molar-refractivity contribution in [2.75, 3.05) is 11.9 Å². The molecule has 6 heteroatoms. The molecule has 2 rings (SSSR count). The molecular weight excluding hydrogens is 298 g/mol. The van der Waals surface area contributed by atoms with Gasteiger partial charge >= 0.3 is 0 Å². The first-order valence-electron chi connectivity index (χ1n) is 6.79. The van der Waals surface area contributed by atoms with E-state index in [-0.39, 0.29) is 18.2 Å². The summed E-state index contributed by atoms with van der Waals surface area (Å²) in [6, 6.07) is 6.89. The maximum Gasteiger partial charge on any atom is 0.253 e. The van der Waals surface area contributed by atoms with Crippen molar-refractivity contribution in [3.63, 3.8) is 0 Å². The predicted octanol–water partition coefficient (Wildman–Crippen LogP) is 2.55. The van der Waals surface area contributed by atoms with Crippen LogP contribution in [0.2, 0.25) is 0 Å². The van der Waals surface area contributed by atoms with Crippen LogP contribution in [0.1, 0.15) is 21.1 Å². The SMILES string of the molecule is C=CCNC(=O)c1ccccc1NC(=O)Cc1csc(C)n1. The zero-order valence-electron chi connectivity index (χ0n) is 12.3. The molecule has 0 atom stereocenters. The van der Waals surface area contributed by atoms with Gasteiger partial charge in [0.15, 0.2) is 0 Å². The largest absolute Gasteiger partial charge is 0.349 e. The Balaban J connectivity index is 2.07. The molecule has 114 valence electrons. The fourth-order valence-corrected chi connectivity index (χ4v) is 2.51. The zero-order valence-corrected chi connectivity index (χ0v) is 13.1. The number of anilines is 1. The fraction of sp³-hybridized carbons (Fsp3) is 0.188. The average Bonchev–Trinajstić information content (AvgIpc) is 2.90. The van der Waals surface area contributed by atoms with Gasteiger partial charge in [0.1, 0.15) is 0 Å². The van der Waals surface area contributed by atoms with Crippen molar-refractivity contribution in [2.24, 2.45) is 0 Å². The van der Waals surface area contributed by atoms with Crippen LogP contribution in [-0.2, 0) is 11.2 Å². The summed E-state index contributed by atoms with van der Waals surface area (Å²) in [4.78, 5) is 28.4. The lowest BCUT2D eigenvalue weighted by Crippen LogP contribution is -2.25. The van der Waals surface area contributed by atoms with Gasteiger partial charge < -0.3 is 10.6 Å². The number of thiazole rings is 1. The van der Waals surface area contributed by atoms with Crippen LogP contribution in [0.15, 0.2) is 42.3 Å². The second-order valence-electron chi connectivity index (χ2n) is 4.63. The minimum absolute atomic E-state index is 0.187. The summed E-state index contributed by atoms with van der Waals surface area (Å²) in [7, 11) is 0. The summed E-state index contributed by atoms with van der Waals surface area (Å²) < 4.78 is 0. The number of rotatable bonds is 6. The van der Waals surface area contributed by atoms with E-state index in [0.29, 0.717) is 17.8 Å². The van der Waals surface area contributed by atoms with E-state index in [1.807, 2.05) is 12.3 Å². The van der Waals surface area contributed by atoms with Crippen molar-refractivity contribution >= 4 is 28.8 Å². The molecule has 0 unspecified atom stereocenters. The molecule has 0 spiro atoms. The molecule has 0 saturated heterocycles. The molecule has 0 saturated carbocycles. The van der Waals surface area contributed by atoms with Crippen LogP contribution in [0.5, 0.6) is 0 Å². The second-order valence-corrected chi connectivity index (χ2v) is 5.69. The van der Waals surface area contributed by atoms with Crippen LogP contribution < -0.4 is 10.6 Å². The smallest absolute Gasteiger partial charge is 0.253 e. The molecule has 2 aromatic rings. The minimum Gasteiger partial charge on any atom is -0.349 e. The van der Waals surface area contributed by atoms with Gasteiger partial charge in [0, 0.05) is 11.9 Å². The van der Waals surface area contributed by atoms with E-state index in [1.165, 1.54) is 11.3 Å². The molecule has 1 aromatic carbocycles. The Morgan fingerprint density at radius 3 is 2.82 bits per heavy atom. The molecule has 0 bridgehead atoms. The Morgan fingerprint density at radius 2 is 2.14 bits per heavy atom. The predicted molar refractivity (Wildman–Crippen MR) is 88.2 cm³/mol. The van der Waals surface area contributed by atoms with Crippen LogP contribution in [0.3, 0.4) is 0 Å². The third kappa shape index (κ3) is 4.26. The third-order valence-corrected chi connectivity index (χ3v) is 3.68. The van der Waals surface area contributed by atoms with Gasteiger partial charge in [0.05, 0.1) is 28.4 Å². The quantitative estimate of drug-likeness (QED) is 0.805. The Hall–Kier alpha value is -2.47. The topological polar surface area (TPSA) is 71.1 Å². The molecule has 5 nitrogen and oxygen atoms in total. The Bertz CT molecular complexity index is 694. The number of carbonyl (C=O) groups is 2. The number of hydrogen-bond donors (Lipinski definition) is 2. The maximum atomic E-state index is 12.1. The van der Waals surface area contributed by atoms with Crippen molar-refractivity contribution in [1.82, 2.24) is 10.3 Å². The van der Waals surface area contributed by atoms with E-state index in [0.717, 1.165) is 10.7 Å². The Labute approximate surface area is 133 Å². The third-order valence-electron chi connectivity index (χ3n) is 2.86. The van der Waals surface area contributed by atoms with E-state index >= 15 is 0 Å². The lowest BCUT2D eigenvalue weighted by atomic mass is 10.1. The number of aromatic nitrogens is 1. The van der Waals surface area contributed by atoms with Gasteiger partial charge in [-0.05, 0) is 19.1 Å². The van der Waals surface area contributed by atoms with Crippen LogP contribution in [0, 0.1) is 6.92 Å². The van der Waals surface area contributed by atoms with Gasteiger partial charge in [-0.1, -0.05) is 18.2 Å². The first-order valence-corrected chi connectivity index (χ1v) is 7.67. The zero-order chi connectivity index (χ0) is 15.9. The molecule has 0 radical (unpaired) electrons. The molecule has 0 aliphatic heterocycles. The average molecular weight is 315 g/mol. The van der Waals surface area contributed by atoms with E-state index in [1.54, 1.807) is 30.3 Å². The van der Waals surface area contributed by atoms with Crippen molar-refractivity contribution in [3.8, 4) is 0 Å². The summed E-state index contributed by atoms with van der Waals surface area (Å²) in [6.45, 7) is 5.82. The maximum absolute atomic E-state index is 12.1. The van der Waals surface area contributed by atoms with Gasteiger partial charge in [-0.2, -0.15) is 0 Å². The fourth-order valence-electron chi connectivity index (χ4n) is 1.90. The normalized spacial score (nSPS) is 10.0. The van der Waals surface area contributed by atoms with E-state index in [2.05, 4.69) is 22.2 Å².